The number of piperidine rings is 1. The summed E-state index contributed by atoms with van der Waals surface area (Å²) in [5, 5.41) is 2.33. The molecule has 3 heterocycles. The predicted octanol–water partition coefficient (Wildman–Crippen LogP) is 1.70. The molecule has 2 saturated heterocycles. The number of hydrogen-bond donors (Lipinski definition) is 1. The molecule has 1 aromatic rings. The topological polar surface area (TPSA) is 79.0 Å². The lowest BCUT2D eigenvalue weighted by Gasteiger charge is -2.29. The predicted molar refractivity (Wildman–Crippen MR) is 103 cm³/mol. The zero-order valence-corrected chi connectivity index (χ0v) is 16.4. The third kappa shape index (κ3) is 3.39. The van der Waals surface area contributed by atoms with E-state index in [9.17, 15) is 14.4 Å². The van der Waals surface area contributed by atoms with Crippen LogP contribution in [0.4, 0.5) is 0 Å². The van der Waals surface area contributed by atoms with E-state index >= 15 is 0 Å². The van der Waals surface area contributed by atoms with Gasteiger partial charge < -0.3 is 9.64 Å². The van der Waals surface area contributed by atoms with Gasteiger partial charge in [0.2, 0.25) is 11.8 Å². The first-order valence-corrected chi connectivity index (χ1v) is 10.2. The van der Waals surface area contributed by atoms with Gasteiger partial charge in [-0.2, -0.15) is 0 Å². The van der Waals surface area contributed by atoms with E-state index in [-0.39, 0.29) is 30.2 Å². The minimum atomic E-state index is -0.586. The summed E-state index contributed by atoms with van der Waals surface area (Å²) in [4.78, 5) is 40.3. The maximum atomic E-state index is 12.8. The first-order valence-electron chi connectivity index (χ1n) is 10.2. The van der Waals surface area contributed by atoms with E-state index < -0.39 is 6.04 Å². The van der Waals surface area contributed by atoms with Gasteiger partial charge in [0.25, 0.3) is 5.91 Å². The van der Waals surface area contributed by atoms with Crippen molar-refractivity contribution in [1.29, 1.82) is 0 Å². The van der Waals surface area contributed by atoms with Crippen molar-refractivity contribution >= 4 is 17.7 Å². The van der Waals surface area contributed by atoms with Gasteiger partial charge in [-0.3, -0.25) is 24.6 Å². The smallest absolute Gasteiger partial charge is 0.255 e. The molecule has 3 amide bonds. The third-order valence-corrected chi connectivity index (χ3v) is 6.18. The maximum absolute atomic E-state index is 12.8. The van der Waals surface area contributed by atoms with Crippen LogP contribution in [0, 0.1) is 0 Å². The molecule has 7 heteroatoms. The number of nitrogens with zero attached hydrogens (tertiary/aromatic N) is 2. The number of likely N-dealkylation sites (tertiary alicyclic amines) is 1. The first kappa shape index (κ1) is 18.9. The van der Waals surface area contributed by atoms with Crippen molar-refractivity contribution in [1.82, 2.24) is 15.1 Å². The molecule has 0 radical (unpaired) electrons. The summed E-state index contributed by atoms with van der Waals surface area (Å²) in [5.41, 5.74) is 1.49. The normalized spacial score (nSPS) is 26.4. The average Bonchev–Trinajstić information content (AvgIpc) is 3.26. The molecular weight excluding hydrogens is 358 g/mol. The standard InChI is InChI=1S/C21H27N3O4/c1-3-23-10-4-5-17(23)13(2)28-15-6-7-16-14(11-15)12-24(21(16)27)18-8-9-19(25)22-20(18)26/h6-7,11,13,17-18H,3-5,8-10,12H2,1-2H3,(H,22,25,26)/t13-,17?,18?/m1/s1. The van der Waals surface area contributed by atoms with E-state index in [4.69, 9.17) is 4.74 Å². The van der Waals surface area contributed by atoms with Crippen LogP contribution >= 0.6 is 0 Å². The number of amides is 3. The summed E-state index contributed by atoms with van der Waals surface area (Å²) < 4.78 is 6.21. The Labute approximate surface area is 165 Å². The zero-order valence-electron chi connectivity index (χ0n) is 16.4. The molecule has 3 aliphatic heterocycles. The Hall–Kier alpha value is -2.41. The second-order valence-corrected chi connectivity index (χ2v) is 7.88. The van der Waals surface area contributed by atoms with Crippen LogP contribution in [-0.4, -0.2) is 58.8 Å². The van der Waals surface area contributed by atoms with Gasteiger partial charge in [-0.15, -0.1) is 0 Å². The summed E-state index contributed by atoms with van der Waals surface area (Å²) in [5.74, 6) is -0.0595. The van der Waals surface area contributed by atoms with E-state index in [0.717, 1.165) is 30.8 Å². The number of nitrogens with one attached hydrogen (secondary N) is 1. The van der Waals surface area contributed by atoms with Crippen LogP contribution in [0.2, 0.25) is 0 Å². The highest BCUT2D eigenvalue weighted by Gasteiger charge is 2.39. The lowest BCUT2D eigenvalue weighted by atomic mass is 10.0. The van der Waals surface area contributed by atoms with Crippen molar-refractivity contribution in [3.8, 4) is 5.75 Å². The Bertz CT molecular complexity index is 809. The fraction of sp³-hybridized carbons (Fsp3) is 0.571. The molecule has 150 valence electrons. The lowest BCUT2D eigenvalue weighted by molar-refractivity contribution is -0.136. The van der Waals surface area contributed by atoms with Gasteiger partial charge in [-0.25, -0.2) is 0 Å². The number of rotatable bonds is 5. The lowest BCUT2D eigenvalue weighted by Crippen LogP contribution is -2.52. The first-order chi connectivity index (χ1) is 13.5. The van der Waals surface area contributed by atoms with Gasteiger partial charge >= 0.3 is 0 Å². The van der Waals surface area contributed by atoms with Crippen LogP contribution in [0.15, 0.2) is 18.2 Å². The van der Waals surface area contributed by atoms with Crippen molar-refractivity contribution in [2.24, 2.45) is 0 Å². The Morgan fingerprint density at radius 1 is 1.25 bits per heavy atom. The SMILES string of the molecule is CCN1CCCC1[C@@H](C)Oc1ccc2c(c1)CN(C1CCC(=O)NC1=O)C2=O. The van der Waals surface area contributed by atoms with Gasteiger partial charge in [0.15, 0.2) is 0 Å². The van der Waals surface area contributed by atoms with Gasteiger partial charge in [-0.1, -0.05) is 6.92 Å². The molecule has 1 aromatic carbocycles. The molecule has 28 heavy (non-hydrogen) atoms. The molecule has 0 aliphatic carbocycles. The Kier molecular flexibility index (Phi) is 5.10. The number of carbonyl (C=O) groups excluding carboxylic acids is 3. The number of likely N-dealkylation sites (N-methyl/N-ethyl adjacent to an activating group) is 1. The van der Waals surface area contributed by atoms with E-state index in [0.29, 0.717) is 24.6 Å². The monoisotopic (exact) mass is 385 g/mol. The summed E-state index contributed by atoms with van der Waals surface area (Å²) >= 11 is 0. The van der Waals surface area contributed by atoms with Crippen molar-refractivity contribution in [3.05, 3.63) is 29.3 Å². The van der Waals surface area contributed by atoms with Crippen LogP contribution < -0.4 is 10.1 Å². The number of imide groups is 1. The van der Waals surface area contributed by atoms with E-state index in [2.05, 4.69) is 24.1 Å². The molecule has 2 unspecified atom stereocenters. The molecule has 3 aliphatic rings. The van der Waals surface area contributed by atoms with Crippen LogP contribution in [-0.2, 0) is 16.1 Å². The van der Waals surface area contributed by atoms with Crippen molar-refractivity contribution in [2.45, 2.75) is 64.3 Å². The average molecular weight is 385 g/mol. The minimum absolute atomic E-state index is 0.0730. The molecule has 2 fully saturated rings. The van der Waals surface area contributed by atoms with Crippen molar-refractivity contribution < 1.29 is 19.1 Å². The Morgan fingerprint density at radius 2 is 2.07 bits per heavy atom. The number of fused-ring (bicyclic) bond motifs is 1. The zero-order chi connectivity index (χ0) is 19.8. The molecule has 3 atom stereocenters. The van der Waals surface area contributed by atoms with E-state index in [1.807, 2.05) is 12.1 Å². The quantitative estimate of drug-likeness (QED) is 0.781. The molecule has 0 spiro atoms. The third-order valence-electron chi connectivity index (χ3n) is 6.18. The second kappa shape index (κ2) is 7.54. The molecule has 0 saturated carbocycles. The largest absolute Gasteiger partial charge is 0.489 e. The van der Waals surface area contributed by atoms with Crippen molar-refractivity contribution in [2.75, 3.05) is 13.1 Å². The summed E-state index contributed by atoms with van der Waals surface area (Å²) in [6.07, 6.45) is 3.05. The number of benzene rings is 1. The van der Waals surface area contributed by atoms with Crippen LogP contribution in [0.3, 0.4) is 0 Å². The maximum Gasteiger partial charge on any atom is 0.255 e. The van der Waals surface area contributed by atoms with Crippen LogP contribution in [0.25, 0.3) is 0 Å². The van der Waals surface area contributed by atoms with Crippen molar-refractivity contribution in [3.63, 3.8) is 0 Å². The van der Waals surface area contributed by atoms with Gasteiger partial charge in [0, 0.05) is 24.6 Å². The minimum Gasteiger partial charge on any atom is -0.489 e. The second-order valence-electron chi connectivity index (χ2n) is 7.88. The van der Waals surface area contributed by atoms with Gasteiger partial charge in [0.1, 0.15) is 17.9 Å². The fourth-order valence-electron chi connectivity index (χ4n) is 4.69. The summed E-state index contributed by atoms with van der Waals surface area (Å²) in [6, 6.07) is 5.38. The molecular formula is C21H27N3O4. The molecule has 4 rings (SSSR count). The number of ether oxygens (including phenoxy) is 1. The number of hydrogen-bond acceptors (Lipinski definition) is 5. The molecule has 0 aromatic heterocycles. The summed E-state index contributed by atoms with van der Waals surface area (Å²) in [6.45, 7) is 6.80. The molecule has 0 bridgehead atoms. The number of carbonyl (C=O) groups is 3. The van der Waals surface area contributed by atoms with Crippen LogP contribution in [0.5, 0.6) is 5.75 Å². The highest BCUT2D eigenvalue weighted by Crippen LogP contribution is 2.31. The Morgan fingerprint density at radius 3 is 2.82 bits per heavy atom. The van der Waals surface area contributed by atoms with Gasteiger partial charge in [-0.05, 0) is 63.0 Å². The van der Waals surface area contributed by atoms with Gasteiger partial charge in [0.05, 0.1) is 0 Å². The Balaban J connectivity index is 1.46. The fourth-order valence-corrected chi connectivity index (χ4v) is 4.69. The summed E-state index contributed by atoms with van der Waals surface area (Å²) in [7, 11) is 0. The highest BCUT2D eigenvalue weighted by molar-refractivity contribution is 6.05. The van der Waals surface area contributed by atoms with Crippen LogP contribution in [0.1, 0.15) is 55.5 Å². The molecule has 7 nitrogen and oxygen atoms in total. The highest BCUT2D eigenvalue weighted by atomic mass is 16.5. The molecule has 1 N–H and O–H groups in total. The van der Waals surface area contributed by atoms with E-state index in [1.54, 1.807) is 11.0 Å². The van der Waals surface area contributed by atoms with E-state index in [1.165, 1.54) is 6.42 Å².